The van der Waals surface area contributed by atoms with Crippen LogP contribution in [0, 0.1) is 6.92 Å². The molecule has 0 amide bonds. The Morgan fingerprint density at radius 2 is 1.85 bits per heavy atom. The smallest absolute Gasteiger partial charge is 0.175 e. The number of aromatic nitrogens is 3. The standard InChI is InChI=1S/C16H14BrN3/c1-11-4-6-12(7-5-11)16(8-9-16)15-19-18-14-13(17)3-2-10-20(14)15/h2-7,10H,8-9H2,1H3. The zero-order valence-electron chi connectivity index (χ0n) is 11.2. The first-order valence-corrected chi connectivity index (χ1v) is 7.57. The summed E-state index contributed by atoms with van der Waals surface area (Å²) in [6, 6.07) is 12.8. The highest BCUT2D eigenvalue weighted by atomic mass is 79.9. The summed E-state index contributed by atoms with van der Waals surface area (Å²) in [5.41, 5.74) is 3.57. The fourth-order valence-corrected chi connectivity index (χ4v) is 3.27. The Balaban J connectivity index is 1.90. The summed E-state index contributed by atoms with van der Waals surface area (Å²) in [6.07, 6.45) is 4.33. The SMILES string of the molecule is Cc1ccc(C2(c3nnc4c(Br)cccn34)CC2)cc1. The zero-order chi connectivity index (χ0) is 13.7. The van der Waals surface area contributed by atoms with Crippen LogP contribution in [0.25, 0.3) is 5.65 Å². The van der Waals surface area contributed by atoms with Crippen LogP contribution in [0.4, 0.5) is 0 Å². The molecule has 0 unspecified atom stereocenters. The van der Waals surface area contributed by atoms with Crippen LogP contribution in [0.5, 0.6) is 0 Å². The number of halogens is 1. The Hall–Kier alpha value is -1.68. The summed E-state index contributed by atoms with van der Waals surface area (Å²) in [5, 5.41) is 8.81. The molecule has 0 saturated heterocycles. The molecule has 20 heavy (non-hydrogen) atoms. The fourth-order valence-electron chi connectivity index (χ4n) is 2.85. The predicted octanol–water partition coefficient (Wildman–Crippen LogP) is 3.88. The van der Waals surface area contributed by atoms with Crippen molar-refractivity contribution in [2.75, 3.05) is 0 Å². The number of rotatable bonds is 2. The molecule has 0 spiro atoms. The molecule has 0 aliphatic heterocycles. The van der Waals surface area contributed by atoms with Gasteiger partial charge in [0.25, 0.3) is 0 Å². The molecule has 1 aromatic carbocycles. The maximum absolute atomic E-state index is 4.47. The van der Waals surface area contributed by atoms with Gasteiger partial charge >= 0.3 is 0 Å². The Morgan fingerprint density at radius 3 is 2.55 bits per heavy atom. The molecule has 3 aromatic rings. The van der Waals surface area contributed by atoms with Crippen LogP contribution in [0.15, 0.2) is 47.1 Å². The molecule has 0 atom stereocenters. The topological polar surface area (TPSA) is 30.2 Å². The predicted molar refractivity (Wildman–Crippen MR) is 81.9 cm³/mol. The molecule has 2 aromatic heterocycles. The summed E-state index contributed by atoms with van der Waals surface area (Å²) < 4.78 is 3.09. The van der Waals surface area contributed by atoms with Crippen molar-refractivity contribution in [2.24, 2.45) is 0 Å². The average Bonchev–Trinajstić information content (AvgIpc) is 3.13. The van der Waals surface area contributed by atoms with E-state index in [1.54, 1.807) is 0 Å². The number of hydrogen-bond acceptors (Lipinski definition) is 2. The average molecular weight is 328 g/mol. The van der Waals surface area contributed by atoms with Gasteiger partial charge in [-0.2, -0.15) is 0 Å². The van der Waals surface area contributed by atoms with Gasteiger partial charge in [0, 0.05) is 6.20 Å². The highest BCUT2D eigenvalue weighted by Gasteiger charge is 2.49. The fraction of sp³-hybridized carbons (Fsp3) is 0.250. The van der Waals surface area contributed by atoms with Crippen molar-refractivity contribution >= 4 is 21.6 Å². The van der Waals surface area contributed by atoms with E-state index in [-0.39, 0.29) is 5.41 Å². The van der Waals surface area contributed by atoms with E-state index in [9.17, 15) is 0 Å². The van der Waals surface area contributed by atoms with Gasteiger partial charge in [-0.1, -0.05) is 29.8 Å². The van der Waals surface area contributed by atoms with E-state index in [0.717, 1.165) is 28.8 Å². The summed E-state index contributed by atoms with van der Waals surface area (Å²) in [5.74, 6) is 1.05. The zero-order valence-corrected chi connectivity index (χ0v) is 12.8. The Kier molecular flexibility index (Phi) is 2.51. The van der Waals surface area contributed by atoms with Crippen molar-refractivity contribution in [1.29, 1.82) is 0 Å². The number of nitrogens with zero attached hydrogens (tertiary/aromatic N) is 3. The summed E-state index contributed by atoms with van der Waals surface area (Å²) >= 11 is 3.54. The largest absolute Gasteiger partial charge is 0.285 e. The van der Waals surface area contributed by atoms with E-state index in [1.165, 1.54) is 11.1 Å². The van der Waals surface area contributed by atoms with Crippen molar-refractivity contribution in [3.63, 3.8) is 0 Å². The highest BCUT2D eigenvalue weighted by molar-refractivity contribution is 9.10. The van der Waals surface area contributed by atoms with Gasteiger partial charge in [0.2, 0.25) is 0 Å². The molecular formula is C16H14BrN3. The van der Waals surface area contributed by atoms with Gasteiger partial charge in [0.1, 0.15) is 5.82 Å². The van der Waals surface area contributed by atoms with Crippen LogP contribution in [-0.4, -0.2) is 14.6 Å². The van der Waals surface area contributed by atoms with Gasteiger partial charge < -0.3 is 0 Å². The van der Waals surface area contributed by atoms with Crippen molar-refractivity contribution in [1.82, 2.24) is 14.6 Å². The van der Waals surface area contributed by atoms with Crippen molar-refractivity contribution < 1.29 is 0 Å². The monoisotopic (exact) mass is 327 g/mol. The van der Waals surface area contributed by atoms with E-state index in [4.69, 9.17) is 0 Å². The molecule has 1 saturated carbocycles. The van der Waals surface area contributed by atoms with Crippen molar-refractivity contribution in [2.45, 2.75) is 25.2 Å². The van der Waals surface area contributed by atoms with E-state index in [0.29, 0.717) is 0 Å². The molecule has 0 N–H and O–H groups in total. The van der Waals surface area contributed by atoms with Crippen LogP contribution in [0.2, 0.25) is 0 Å². The minimum Gasteiger partial charge on any atom is -0.285 e. The van der Waals surface area contributed by atoms with Gasteiger partial charge in [0.05, 0.1) is 9.89 Å². The maximum atomic E-state index is 4.47. The molecular weight excluding hydrogens is 314 g/mol. The Bertz CT molecular complexity index is 785. The third-order valence-corrected chi connectivity index (χ3v) is 4.79. The van der Waals surface area contributed by atoms with Crippen LogP contribution < -0.4 is 0 Å². The lowest BCUT2D eigenvalue weighted by Gasteiger charge is -2.14. The van der Waals surface area contributed by atoms with Crippen LogP contribution in [-0.2, 0) is 5.41 Å². The molecule has 1 fully saturated rings. The first-order valence-electron chi connectivity index (χ1n) is 6.78. The van der Waals surface area contributed by atoms with Gasteiger partial charge in [-0.15, -0.1) is 10.2 Å². The second kappa shape index (κ2) is 4.16. The van der Waals surface area contributed by atoms with Crippen molar-refractivity contribution in [3.05, 3.63) is 64.0 Å². The molecule has 4 rings (SSSR count). The molecule has 2 heterocycles. The van der Waals surface area contributed by atoms with Crippen LogP contribution >= 0.6 is 15.9 Å². The molecule has 1 aliphatic rings. The van der Waals surface area contributed by atoms with E-state index in [1.807, 2.05) is 18.3 Å². The second-order valence-electron chi connectivity index (χ2n) is 5.52. The Labute approximate surface area is 125 Å². The number of hydrogen-bond donors (Lipinski definition) is 0. The molecule has 4 heteroatoms. The molecule has 3 nitrogen and oxygen atoms in total. The minimum atomic E-state index is 0.0495. The first kappa shape index (κ1) is 12.1. The lowest BCUT2D eigenvalue weighted by molar-refractivity contribution is 0.739. The number of benzene rings is 1. The number of pyridine rings is 1. The molecule has 0 radical (unpaired) electrons. The summed E-state index contributed by atoms with van der Waals surface area (Å²) in [4.78, 5) is 0. The van der Waals surface area contributed by atoms with Gasteiger partial charge in [-0.3, -0.25) is 4.40 Å². The van der Waals surface area contributed by atoms with E-state index in [2.05, 4.69) is 61.7 Å². The molecule has 100 valence electrons. The third kappa shape index (κ3) is 1.64. The maximum Gasteiger partial charge on any atom is 0.175 e. The van der Waals surface area contributed by atoms with Crippen LogP contribution in [0.1, 0.15) is 29.8 Å². The molecule has 0 bridgehead atoms. The first-order chi connectivity index (χ1) is 9.71. The molecule has 1 aliphatic carbocycles. The summed E-state index contributed by atoms with van der Waals surface area (Å²) in [6.45, 7) is 2.12. The Morgan fingerprint density at radius 1 is 1.10 bits per heavy atom. The highest BCUT2D eigenvalue weighted by Crippen LogP contribution is 2.52. The second-order valence-corrected chi connectivity index (χ2v) is 6.38. The van der Waals surface area contributed by atoms with Gasteiger partial charge in [-0.05, 0) is 53.4 Å². The quantitative estimate of drug-likeness (QED) is 0.715. The van der Waals surface area contributed by atoms with Gasteiger partial charge in [-0.25, -0.2) is 0 Å². The number of aryl methyl sites for hydroxylation is 1. The lowest BCUT2D eigenvalue weighted by atomic mass is 9.94. The number of fused-ring (bicyclic) bond motifs is 1. The summed E-state index contributed by atoms with van der Waals surface area (Å²) in [7, 11) is 0. The normalized spacial score (nSPS) is 16.5. The van der Waals surface area contributed by atoms with E-state index < -0.39 is 0 Å². The van der Waals surface area contributed by atoms with E-state index >= 15 is 0 Å². The van der Waals surface area contributed by atoms with Crippen molar-refractivity contribution in [3.8, 4) is 0 Å². The third-order valence-electron chi connectivity index (χ3n) is 4.17. The lowest BCUT2D eigenvalue weighted by Crippen LogP contribution is -2.13. The van der Waals surface area contributed by atoms with Gasteiger partial charge in [0.15, 0.2) is 5.65 Å². The van der Waals surface area contributed by atoms with Crippen LogP contribution in [0.3, 0.4) is 0 Å². The minimum absolute atomic E-state index is 0.0495.